The number of ether oxygens (including phenoxy) is 1. The molecule has 0 aliphatic heterocycles. The first-order valence-corrected chi connectivity index (χ1v) is 9.57. The Kier molecular flexibility index (Phi) is 6.70. The van der Waals surface area contributed by atoms with Crippen LogP contribution in [0, 0.1) is 5.82 Å². The highest BCUT2D eigenvalue weighted by Crippen LogP contribution is 2.19. The minimum Gasteiger partial charge on any atom is -0.497 e. The highest BCUT2D eigenvalue weighted by Gasteiger charge is 2.22. The average Bonchev–Trinajstić information content (AvgIpc) is 2.68. The van der Waals surface area contributed by atoms with Crippen LogP contribution in [0.2, 0.25) is 0 Å². The lowest BCUT2D eigenvalue weighted by atomic mass is 10.1. The van der Waals surface area contributed by atoms with Gasteiger partial charge in [0.25, 0.3) is 5.91 Å². The number of benzene rings is 2. The Hall–Kier alpha value is -2.71. The fourth-order valence-corrected chi connectivity index (χ4v) is 3.21. The number of amides is 1. The molecule has 0 unspecified atom stereocenters. The molecule has 0 spiro atoms. The maximum Gasteiger partial charge on any atom is 0.257 e. The molecule has 0 aromatic heterocycles. The van der Waals surface area contributed by atoms with E-state index in [-0.39, 0.29) is 23.5 Å². The van der Waals surface area contributed by atoms with Crippen LogP contribution in [0.1, 0.15) is 15.9 Å². The molecule has 0 bridgehead atoms. The molecule has 6 nitrogen and oxygen atoms in total. The molecule has 27 heavy (non-hydrogen) atoms. The number of sulfonamides is 1. The van der Waals surface area contributed by atoms with Gasteiger partial charge < -0.3 is 9.64 Å². The van der Waals surface area contributed by atoms with Crippen LogP contribution in [0.5, 0.6) is 5.75 Å². The van der Waals surface area contributed by atoms with Gasteiger partial charge in [0.2, 0.25) is 10.0 Å². The van der Waals surface area contributed by atoms with Gasteiger partial charge in [-0.25, -0.2) is 17.5 Å². The van der Waals surface area contributed by atoms with Crippen molar-refractivity contribution in [1.29, 1.82) is 0 Å². The van der Waals surface area contributed by atoms with Gasteiger partial charge in [0, 0.05) is 13.1 Å². The van der Waals surface area contributed by atoms with Gasteiger partial charge in [0.1, 0.15) is 11.6 Å². The van der Waals surface area contributed by atoms with Crippen LogP contribution in [0.3, 0.4) is 0 Å². The summed E-state index contributed by atoms with van der Waals surface area (Å²) in [7, 11) is -1.000. The molecule has 2 aromatic carbocycles. The van der Waals surface area contributed by atoms with E-state index >= 15 is 0 Å². The molecule has 2 rings (SSSR count). The van der Waals surface area contributed by atoms with Crippen molar-refractivity contribution in [1.82, 2.24) is 9.62 Å². The zero-order valence-electron chi connectivity index (χ0n) is 15.1. The summed E-state index contributed by atoms with van der Waals surface area (Å²) >= 11 is 0. The number of nitrogens with zero attached hydrogens (tertiary/aromatic N) is 1. The fourth-order valence-electron chi connectivity index (χ4n) is 2.45. The lowest BCUT2D eigenvalue weighted by Crippen LogP contribution is -2.31. The quantitative estimate of drug-likeness (QED) is 0.701. The van der Waals surface area contributed by atoms with Crippen LogP contribution in [0.15, 0.2) is 60.0 Å². The summed E-state index contributed by atoms with van der Waals surface area (Å²) in [6.07, 6.45) is 1.52. The van der Waals surface area contributed by atoms with E-state index in [1.807, 2.05) is 0 Å². The molecule has 0 radical (unpaired) electrons. The van der Waals surface area contributed by atoms with Gasteiger partial charge in [-0.1, -0.05) is 18.2 Å². The van der Waals surface area contributed by atoms with Gasteiger partial charge in [-0.2, -0.15) is 0 Å². The lowest BCUT2D eigenvalue weighted by Gasteiger charge is -2.22. The Balaban J connectivity index is 2.35. The van der Waals surface area contributed by atoms with E-state index in [2.05, 4.69) is 11.3 Å². The van der Waals surface area contributed by atoms with Gasteiger partial charge >= 0.3 is 0 Å². The molecule has 0 heterocycles. The minimum absolute atomic E-state index is 0.174. The van der Waals surface area contributed by atoms with Gasteiger partial charge in [-0.15, -0.1) is 6.58 Å². The molecule has 0 aliphatic rings. The van der Waals surface area contributed by atoms with E-state index in [1.54, 1.807) is 31.4 Å². The first kappa shape index (κ1) is 20.6. The highest BCUT2D eigenvalue weighted by molar-refractivity contribution is 7.89. The topological polar surface area (TPSA) is 75.7 Å². The van der Waals surface area contributed by atoms with E-state index in [9.17, 15) is 17.6 Å². The van der Waals surface area contributed by atoms with Gasteiger partial charge in [0.05, 0.1) is 17.6 Å². The Morgan fingerprint density at radius 3 is 2.48 bits per heavy atom. The van der Waals surface area contributed by atoms with Crippen LogP contribution in [-0.4, -0.2) is 39.9 Å². The molecule has 1 amide bonds. The lowest BCUT2D eigenvalue weighted by molar-refractivity contribution is 0.0757. The highest BCUT2D eigenvalue weighted by atomic mass is 32.2. The summed E-state index contributed by atoms with van der Waals surface area (Å²) in [5.41, 5.74) is 0.493. The first-order chi connectivity index (χ1) is 12.8. The van der Waals surface area contributed by atoms with Gasteiger partial charge in [-0.05, 0) is 42.9 Å². The molecule has 0 aliphatic carbocycles. The summed E-state index contributed by atoms with van der Waals surface area (Å²) in [6, 6.07) is 10.2. The first-order valence-electron chi connectivity index (χ1n) is 8.08. The third-order valence-electron chi connectivity index (χ3n) is 3.92. The fraction of sp³-hybridized carbons (Fsp3) is 0.211. The second-order valence-electron chi connectivity index (χ2n) is 5.67. The smallest absolute Gasteiger partial charge is 0.257 e. The van der Waals surface area contributed by atoms with E-state index in [4.69, 9.17) is 4.74 Å². The van der Waals surface area contributed by atoms with Gasteiger partial charge in [-0.3, -0.25) is 4.79 Å². The number of rotatable bonds is 8. The molecular formula is C19H21FN2O4S. The van der Waals surface area contributed by atoms with Crippen molar-refractivity contribution in [3.8, 4) is 5.75 Å². The van der Waals surface area contributed by atoms with E-state index in [1.165, 1.54) is 18.0 Å². The number of carbonyl (C=O) groups excluding carboxylic acids is 1. The van der Waals surface area contributed by atoms with Crippen molar-refractivity contribution in [3.63, 3.8) is 0 Å². The number of methoxy groups -OCH3 is 1. The van der Waals surface area contributed by atoms with Crippen LogP contribution in [0.4, 0.5) is 4.39 Å². The van der Waals surface area contributed by atoms with Crippen molar-refractivity contribution >= 4 is 15.9 Å². The van der Waals surface area contributed by atoms with Crippen molar-refractivity contribution in [2.24, 2.45) is 0 Å². The summed E-state index contributed by atoms with van der Waals surface area (Å²) in [6.45, 7) is 4.00. The van der Waals surface area contributed by atoms with Crippen molar-refractivity contribution in [2.75, 3.05) is 20.7 Å². The molecule has 144 valence electrons. The molecular weight excluding hydrogens is 371 g/mol. The second kappa shape index (κ2) is 8.79. The standard InChI is InChI=1S/C19H21FN2O4S/c1-4-11-22(13-14-5-7-15(26-3)8-6-14)19(23)17-12-16(9-10-18(17)20)27(24,25)21-2/h4-10,12,21H,1,11,13H2,2-3H3. The van der Waals surface area contributed by atoms with Crippen LogP contribution in [0.25, 0.3) is 0 Å². The molecule has 1 N–H and O–H groups in total. The van der Waals surface area contributed by atoms with E-state index < -0.39 is 21.7 Å². The predicted molar refractivity (Wildman–Crippen MR) is 101 cm³/mol. The molecule has 8 heteroatoms. The Labute approximate surface area is 158 Å². The van der Waals surface area contributed by atoms with Crippen molar-refractivity contribution in [2.45, 2.75) is 11.4 Å². The zero-order valence-corrected chi connectivity index (χ0v) is 15.9. The molecule has 0 fully saturated rings. The zero-order chi connectivity index (χ0) is 20.0. The molecule has 0 saturated heterocycles. The molecule has 2 aromatic rings. The second-order valence-corrected chi connectivity index (χ2v) is 7.56. The maximum atomic E-state index is 14.2. The monoisotopic (exact) mass is 392 g/mol. The number of hydrogen-bond donors (Lipinski definition) is 1. The summed E-state index contributed by atoms with van der Waals surface area (Å²) in [5, 5.41) is 0. The van der Waals surface area contributed by atoms with Gasteiger partial charge in [0.15, 0.2) is 0 Å². The maximum absolute atomic E-state index is 14.2. The third kappa shape index (κ3) is 4.93. The van der Waals surface area contributed by atoms with Crippen LogP contribution in [-0.2, 0) is 16.6 Å². The van der Waals surface area contributed by atoms with Crippen molar-refractivity contribution < 1.29 is 22.3 Å². The number of carbonyl (C=O) groups is 1. The van der Waals surface area contributed by atoms with Crippen LogP contribution < -0.4 is 9.46 Å². The average molecular weight is 392 g/mol. The van der Waals surface area contributed by atoms with Crippen molar-refractivity contribution in [3.05, 3.63) is 72.1 Å². The number of hydrogen-bond acceptors (Lipinski definition) is 4. The summed E-state index contributed by atoms with van der Waals surface area (Å²) in [5.74, 6) is -0.744. The van der Waals surface area contributed by atoms with Crippen LogP contribution >= 0.6 is 0 Å². The SMILES string of the molecule is C=CCN(Cc1ccc(OC)cc1)C(=O)c1cc(S(=O)(=O)NC)ccc1F. The van der Waals surface area contributed by atoms with E-state index in [0.29, 0.717) is 5.75 Å². The van der Waals surface area contributed by atoms with E-state index in [0.717, 1.165) is 23.8 Å². The Morgan fingerprint density at radius 1 is 1.26 bits per heavy atom. The molecule has 0 saturated carbocycles. The number of halogens is 1. The largest absolute Gasteiger partial charge is 0.497 e. The summed E-state index contributed by atoms with van der Waals surface area (Å²) < 4.78 is 45.4. The molecule has 0 atom stereocenters. The summed E-state index contributed by atoms with van der Waals surface area (Å²) in [4.78, 5) is 14.0. The number of nitrogens with one attached hydrogen (secondary N) is 1. The Bertz CT molecular complexity index is 927. The predicted octanol–water partition coefficient (Wildman–Crippen LogP) is 2.57. The third-order valence-corrected chi connectivity index (χ3v) is 5.33. The minimum atomic E-state index is -3.80. The Morgan fingerprint density at radius 2 is 1.93 bits per heavy atom. The normalized spacial score (nSPS) is 11.1.